The zero-order valence-corrected chi connectivity index (χ0v) is 14.1. The molecule has 0 aliphatic heterocycles. The van der Waals surface area contributed by atoms with Gasteiger partial charge in [0.2, 0.25) is 0 Å². The Morgan fingerprint density at radius 1 is 1.13 bits per heavy atom. The van der Waals surface area contributed by atoms with Crippen LogP contribution in [-0.4, -0.2) is 31.6 Å². The molecule has 4 heteroatoms. The predicted octanol–water partition coefficient (Wildman–Crippen LogP) is 3.67. The molecule has 0 fully saturated rings. The largest absolute Gasteiger partial charge is 0.496 e. The number of carbonyl (C=O) groups is 1. The maximum Gasteiger partial charge on any atom is 0.253 e. The molecule has 2 rings (SSSR count). The lowest BCUT2D eigenvalue weighted by molar-refractivity contribution is 0.0784. The molecule has 1 amide bonds. The van der Waals surface area contributed by atoms with E-state index < -0.39 is 0 Å². The third-order valence-electron chi connectivity index (χ3n) is 3.67. The minimum Gasteiger partial charge on any atom is -0.496 e. The van der Waals surface area contributed by atoms with Crippen LogP contribution in [0.2, 0.25) is 0 Å². The van der Waals surface area contributed by atoms with Crippen molar-refractivity contribution in [2.24, 2.45) is 0 Å². The summed E-state index contributed by atoms with van der Waals surface area (Å²) in [7, 11) is 3.43. The molecule has 0 aromatic heterocycles. The number of hydrogen-bond donors (Lipinski definition) is 0. The number of carbonyl (C=O) groups excluding carboxylic acids is 1. The second-order valence-corrected chi connectivity index (χ2v) is 5.39. The average Bonchev–Trinajstić information content (AvgIpc) is 2.56. The van der Waals surface area contributed by atoms with Gasteiger partial charge in [0.25, 0.3) is 5.91 Å². The number of methoxy groups -OCH3 is 1. The van der Waals surface area contributed by atoms with Crippen LogP contribution in [0.5, 0.6) is 11.5 Å². The van der Waals surface area contributed by atoms with Crippen molar-refractivity contribution < 1.29 is 14.3 Å². The molecular formula is C19H23NO3. The Bertz CT molecular complexity index is 682. The van der Waals surface area contributed by atoms with E-state index >= 15 is 0 Å². The summed E-state index contributed by atoms with van der Waals surface area (Å²) < 4.78 is 10.9. The third-order valence-corrected chi connectivity index (χ3v) is 3.67. The monoisotopic (exact) mass is 313 g/mol. The molecule has 0 spiro atoms. The van der Waals surface area contributed by atoms with Crippen molar-refractivity contribution in [3.05, 3.63) is 59.2 Å². The first-order valence-corrected chi connectivity index (χ1v) is 7.67. The molecule has 0 bridgehead atoms. The van der Waals surface area contributed by atoms with Crippen LogP contribution in [-0.2, 0) is 6.54 Å². The van der Waals surface area contributed by atoms with E-state index in [1.54, 1.807) is 25.1 Å². The van der Waals surface area contributed by atoms with Crippen molar-refractivity contribution in [1.29, 1.82) is 0 Å². The zero-order valence-electron chi connectivity index (χ0n) is 14.1. The standard InChI is InChI=1S/C19H23NO3/c1-5-23-17-11-10-15(12-14(17)2)19(21)20(3)13-16-8-6-7-9-18(16)22-4/h6-12H,5,13H2,1-4H3. The first-order valence-electron chi connectivity index (χ1n) is 7.67. The van der Waals surface area contributed by atoms with Gasteiger partial charge < -0.3 is 14.4 Å². The zero-order chi connectivity index (χ0) is 16.8. The van der Waals surface area contributed by atoms with Gasteiger partial charge in [0.15, 0.2) is 0 Å². The minimum atomic E-state index is -0.0259. The first-order chi connectivity index (χ1) is 11.1. The Kier molecular flexibility index (Phi) is 5.63. The van der Waals surface area contributed by atoms with Crippen molar-refractivity contribution in [3.63, 3.8) is 0 Å². The fraction of sp³-hybridized carbons (Fsp3) is 0.316. The van der Waals surface area contributed by atoms with Gasteiger partial charge in [-0.15, -0.1) is 0 Å². The summed E-state index contributed by atoms with van der Waals surface area (Å²) in [5, 5.41) is 0. The molecule has 0 N–H and O–H groups in total. The SMILES string of the molecule is CCOc1ccc(C(=O)N(C)Cc2ccccc2OC)cc1C. The maximum absolute atomic E-state index is 12.6. The number of ether oxygens (including phenoxy) is 2. The van der Waals surface area contributed by atoms with Crippen LogP contribution in [0.15, 0.2) is 42.5 Å². The van der Waals surface area contributed by atoms with E-state index in [9.17, 15) is 4.79 Å². The number of hydrogen-bond acceptors (Lipinski definition) is 3. The Labute approximate surface area is 137 Å². The molecule has 0 radical (unpaired) electrons. The highest BCUT2D eigenvalue weighted by atomic mass is 16.5. The molecule has 0 saturated carbocycles. The molecule has 2 aromatic carbocycles. The second kappa shape index (κ2) is 7.68. The maximum atomic E-state index is 12.6. The van der Waals surface area contributed by atoms with Crippen LogP contribution < -0.4 is 9.47 Å². The lowest BCUT2D eigenvalue weighted by atomic mass is 10.1. The Morgan fingerprint density at radius 3 is 2.52 bits per heavy atom. The number of aryl methyl sites for hydroxylation is 1. The summed E-state index contributed by atoms with van der Waals surface area (Å²) in [6.45, 7) is 5.00. The summed E-state index contributed by atoms with van der Waals surface area (Å²) in [5.41, 5.74) is 2.60. The van der Waals surface area contributed by atoms with Crippen molar-refractivity contribution >= 4 is 5.91 Å². The molecular weight excluding hydrogens is 290 g/mol. The van der Waals surface area contributed by atoms with Gasteiger partial charge in [-0.3, -0.25) is 4.79 Å². The van der Waals surface area contributed by atoms with Crippen molar-refractivity contribution in [3.8, 4) is 11.5 Å². The number of para-hydroxylation sites is 1. The van der Waals surface area contributed by atoms with Crippen molar-refractivity contribution in [2.45, 2.75) is 20.4 Å². The highest BCUT2D eigenvalue weighted by molar-refractivity contribution is 5.94. The van der Waals surface area contributed by atoms with E-state index in [2.05, 4.69) is 0 Å². The van der Waals surface area contributed by atoms with Crippen LogP contribution in [0.1, 0.15) is 28.4 Å². The van der Waals surface area contributed by atoms with Gasteiger partial charge in [0, 0.05) is 24.7 Å². The van der Waals surface area contributed by atoms with Gasteiger partial charge in [-0.2, -0.15) is 0 Å². The van der Waals surface area contributed by atoms with Crippen molar-refractivity contribution in [1.82, 2.24) is 4.90 Å². The molecule has 0 aliphatic rings. The molecule has 0 atom stereocenters. The van der Waals surface area contributed by atoms with E-state index in [0.717, 1.165) is 22.6 Å². The van der Waals surface area contributed by atoms with E-state index in [1.807, 2.05) is 50.2 Å². The molecule has 23 heavy (non-hydrogen) atoms. The first kappa shape index (κ1) is 16.9. The normalized spacial score (nSPS) is 10.3. The Morgan fingerprint density at radius 2 is 1.87 bits per heavy atom. The van der Waals surface area contributed by atoms with E-state index in [1.165, 1.54) is 0 Å². The number of benzene rings is 2. The fourth-order valence-corrected chi connectivity index (χ4v) is 2.48. The van der Waals surface area contributed by atoms with Gasteiger partial charge in [0.1, 0.15) is 11.5 Å². The summed E-state index contributed by atoms with van der Waals surface area (Å²) in [4.78, 5) is 14.3. The van der Waals surface area contributed by atoms with E-state index in [4.69, 9.17) is 9.47 Å². The van der Waals surface area contributed by atoms with Gasteiger partial charge in [-0.25, -0.2) is 0 Å². The molecule has 4 nitrogen and oxygen atoms in total. The van der Waals surface area contributed by atoms with Gasteiger partial charge in [-0.05, 0) is 43.7 Å². The molecule has 0 heterocycles. The molecule has 122 valence electrons. The second-order valence-electron chi connectivity index (χ2n) is 5.39. The van der Waals surface area contributed by atoms with Gasteiger partial charge in [-0.1, -0.05) is 18.2 Å². The van der Waals surface area contributed by atoms with Gasteiger partial charge >= 0.3 is 0 Å². The Balaban J connectivity index is 2.15. The molecule has 0 aliphatic carbocycles. The summed E-state index contributed by atoms with van der Waals surface area (Å²) in [6, 6.07) is 13.2. The minimum absolute atomic E-state index is 0.0259. The van der Waals surface area contributed by atoms with Crippen molar-refractivity contribution in [2.75, 3.05) is 20.8 Å². The topological polar surface area (TPSA) is 38.8 Å². The molecule has 0 saturated heterocycles. The lowest BCUT2D eigenvalue weighted by Crippen LogP contribution is -2.26. The number of amides is 1. The van der Waals surface area contributed by atoms with Gasteiger partial charge in [0.05, 0.1) is 13.7 Å². The van der Waals surface area contributed by atoms with Crippen LogP contribution in [0.25, 0.3) is 0 Å². The summed E-state index contributed by atoms with van der Waals surface area (Å²) in [5.74, 6) is 1.58. The number of nitrogens with zero attached hydrogens (tertiary/aromatic N) is 1. The average molecular weight is 313 g/mol. The van der Waals surface area contributed by atoms with Crippen LogP contribution >= 0.6 is 0 Å². The van der Waals surface area contributed by atoms with Crippen LogP contribution in [0.4, 0.5) is 0 Å². The van der Waals surface area contributed by atoms with Crippen LogP contribution in [0, 0.1) is 6.92 Å². The highest BCUT2D eigenvalue weighted by Crippen LogP contribution is 2.22. The molecule has 0 unspecified atom stereocenters. The summed E-state index contributed by atoms with van der Waals surface area (Å²) in [6.07, 6.45) is 0. The summed E-state index contributed by atoms with van der Waals surface area (Å²) >= 11 is 0. The van der Waals surface area contributed by atoms with Crippen LogP contribution in [0.3, 0.4) is 0 Å². The van der Waals surface area contributed by atoms with E-state index in [-0.39, 0.29) is 5.91 Å². The number of rotatable bonds is 6. The lowest BCUT2D eigenvalue weighted by Gasteiger charge is -2.19. The third kappa shape index (κ3) is 4.03. The van der Waals surface area contributed by atoms with E-state index in [0.29, 0.717) is 18.7 Å². The molecule has 2 aromatic rings. The highest BCUT2D eigenvalue weighted by Gasteiger charge is 2.15. The smallest absolute Gasteiger partial charge is 0.253 e. The quantitative estimate of drug-likeness (QED) is 0.816. The fourth-order valence-electron chi connectivity index (χ4n) is 2.48. The predicted molar refractivity (Wildman–Crippen MR) is 91.1 cm³/mol. The Hall–Kier alpha value is -2.49.